The minimum atomic E-state index is 0.273. The monoisotopic (exact) mass is 319 g/mol. The molecule has 2 aromatic rings. The number of hydrogen-bond acceptors (Lipinski definition) is 3. The first-order chi connectivity index (χ1) is 9.20. The van der Waals surface area contributed by atoms with E-state index in [2.05, 4.69) is 57.2 Å². The molecule has 1 unspecified atom stereocenters. The van der Waals surface area contributed by atoms with Crippen LogP contribution in [0.4, 0.5) is 0 Å². The molecule has 2 rings (SSSR count). The Morgan fingerprint density at radius 2 is 2.11 bits per heavy atom. The maximum Gasteiger partial charge on any atom is 0.0410 e. The van der Waals surface area contributed by atoms with Crippen LogP contribution in [0.25, 0.3) is 0 Å². The normalized spacial score (nSPS) is 12.4. The Morgan fingerprint density at radius 1 is 1.26 bits per heavy atom. The number of rotatable bonds is 5. The molecule has 0 bridgehead atoms. The number of aryl methyl sites for hydroxylation is 1. The summed E-state index contributed by atoms with van der Waals surface area (Å²) < 4.78 is 1.02. The highest BCUT2D eigenvalue weighted by Crippen LogP contribution is 2.21. The van der Waals surface area contributed by atoms with Crippen LogP contribution in [0.5, 0.6) is 0 Å². The van der Waals surface area contributed by atoms with Gasteiger partial charge in [0.15, 0.2) is 0 Å². The summed E-state index contributed by atoms with van der Waals surface area (Å²) in [6, 6.07) is 4.44. The van der Waals surface area contributed by atoms with E-state index in [1.165, 1.54) is 16.7 Å². The van der Waals surface area contributed by atoms with Crippen molar-refractivity contribution in [2.45, 2.75) is 26.3 Å². The van der Waals surface area contributed by atoms with Crippen LogP contribution in [0, 0.1) is 6.92 Å². The third-order valence-electron chi connectivity index (χ3n) is 3.11. The van der Waals surface area contributed by atoms with Gasteiger partial charge in [-0.25, -0.2) is 0 Å². The molecular formula is C15H18BrN3. The van der Waals surface area contributed by atoms with E-state index in [0.29, 0.717) is 0 Å². The van der Waals surface area contributed by atoms with Gasteiger partial charge in [-0.1, -0.05) is 6.92 Å². The topological polar surface area (TPSA) is 37.8 Å². The summed E-state index contributed by atoms with van der Waals surface area (Å²) >= 11 is 3.47. The fourth-order valence-electron chi connectivity index (χ4n) is 2.18. The molecule has 2 aromatic heterocycles. The lowest BCUT2D eigenvalue weighted by Crippen LogP contribution is -2.24. The summed E-state index contributed by atoms with van der Waals surface area (Å²) in [7, 11) is 0. The molecule has 0 saturated heterocycles. The minimum Gasteiger partial charge on any atom is -0.310 e. The predicted molar refractivity (Wildman–Crippen MR) is 81.0 cm³/mol. The van der Waals surface area contributed by atoms with E-state index in [4.69, 9.17) is 0 Å². The van der Waals surface area contributed by atoms with Crippen molar-refractivity contribution >= 4 is 15.9 Å². The molecular weight excluding hydrogens is 302 g/mol. The van der Waals surface area contributed by atoms with Crippen molar-refractivity contribution in [2.24, 2.45) is 0 Å². The van der Waals surface area contributed by atoms with Gasteiger partial charge in [-0.3, -0.25) is 9.97 Å². The van der Waals surface area contributed by atoms with Gasteiger partial charge in [-0.15, -0.1) is 0 Å². The van der Waals surface area contributed by atoms with Crippen LogP contribution in [0.2, 0.25) is 0 Å². The van der Waals surface area contributed by atoms with E-state index in [0.717, 1.165) is 17.4 Å². The Hall–Kier alpha value is -1.26. The van der Waals surface area contributed by atoms with Crippen LogP contribution in [0.15, 0.2) is 41.4 Å². The number of likely N-dealkylation sites (N-methyl/N-ethyl adjacent to an activating group) is 1. The first-order valence-electron chi connectivity index (χ1n) is 6.44. The first kappa shape index (κ1) is 14.2. The number of halogens is 1. The third-order valence-corrected chi connectivity index (χ3v) is 3.54. The van der Waals surface area contributed by atoms with Crippen molar-refractivity contribution in [3.8, 4) is 0 Å². The first-order valence-corrected chi connectivity index (χ1v) is 7.23. The molecule has 2 heterocycles. The quantitative estimate of drug-likeness (QED) is 0.917. The van der Waals surface area contributed by atoms with Crippen molar-refractivity contribution < 1.29 is 0 Å². The fourth-order valence-corrected chi connectivity index (χ4v) is 2.59. The van der Waals surface area contributed by atoms with Gasteiger partial charge in [0.2, 0.25) is 0 Å². The van der Waals surface area contributed by atoms with E-state index in [1.54, 1.807) is 6.20 Å². The van der Waals surface area contributed by atoms with Crippen LogP contribution in [-0.2, 0) is 6.42 Å². The average molecular weight is 320 g/mol. The molecule has 1 N–H and O–H groups in total. The molecule has 4 heteroatoms. The summed E-state index contributed by atoms with van der Waals surface area (Å²) in [5.41, 5.74) is 3.73. The summed E-state index contributed by atoms with van der Waals surface area (Å²) in [6.07, 6.45) is 8.42. The van der Waals surface area contributed by atoms with Gasteiger partial charge < -0.3 is 5.32 Å². The molecule has 0 saturated carbocycles. The Balaban J connectivity index is 2.24. The van der Waals surface area contributed by atoms with Crippen LogP contribution < -0.4 is 5.32 Å². The fraction of sp³-hybridized carbons (Fsp3) is 0.333. The number of pyridine rings is 2. The van der Waals surface area contributed by atoms with Crippen molar-refractivity contribution in [1.82, 2.24) is 15.3 Å². The van der Waals surface area contributed by atoms with E-state index in [9.17, 15) is 0 Å². The number of hydrogen-bond donors (Lipinski definition) is 1. The largest absolute Gasteiger partial charge is 0.310 e. The molecule has 0 amide bonds. The Bertz CT molecular complexity index is 542. The molecule has 0 aliphatic rings. The maximum absolute atomic E-state index is 4.24. The zero-order valence-corrected chi connectivity index (χ0v) is 12.8. The molecule has 1 atom stereocenters. The zero-order valence-electron chi connectivity index (χ0n) is 11.2. The van der Waals surface area contributed by atoms with E-state index in [-0.39, 0.29) is 6.04 Å². The molecule has 0 fully saturated rings. The third kappa shape index (κ3) is 3.85. The second-order valence-electron chi connectivity index (χ2n) is 4.56. The van der Waals surface area contributed by atoms with E-state index in [1.807, 2.05) is 18.6 Å². The number of nitrogens with one attached hydrogen (secondary N) is 1. The van der Waals surface area contributed by atoms with Crippen molar-refractivity contribution in [2.75, 3.05) is 6.54 Å². The standard InChI is InChI=1S/C15H18BrN3/c1-3-19-15(14-10-17-5-4-11(14)2)7-12-6-13(16)9-18-8-12/h4-6,8-10,15,19H,3,7H2,1-2H3. The van der Waals surface area contributed by atoms with E-state index >= 15 is 0 Å². The smallest absolute Gasteiger partial charge is 0.0410 e. The summed E-state index contributed by atoms with van der Waals surface area (Å²) in [6.45, 7) is 5.18. The van der Waals surface area contributed by atoms with Gasteiger partial charge in [0.1, 0.15) is 0 Å². The second kappa shape index (κ2) is 6.78. The number of aromatic nitrogens is 2. The van der Waals surface area contributed by atoms with Crippen molar-refractivity contribution in [3.63, 3.8) is 0 Å². The lowest BCUT2D eigenvalue weighted by molar-refractivity contribution is 0.545. The molecule has 0 radical (unpaired) electrons. The maximum atomic E-state index is 4.24. The molecule has 0 spiro atoms. The molecule has 100 valence electrons. The van der Waals surface area contributed by atoms with Crippen LogP contribution in [-0.4, -0.2) is 16.5 Å². The molecule has 19 heavy (non-hydrogen) atoms. The lowest BCUT2D eigenvalue weighted by Gasteiger charge is -2.20. The minimum absolute atomic E-state index is 0.273. The average Bonchev–Trinajstić information content (AvgIpc) is 2.39. The highest BCUT2D eigenvalue weighted by molar-refractivity contribution is 9.10. The summed E-state index contributed by atoms with van der Waals surface area (Å²) in [5, 5.41) is 3.52. The van der Waals surface area contributed by atoms with Crippen LogP contribution >= 0.6 is 15.9 Å². The lowest BCUT2D eigenvalue weighted by atomic mass is 9.98. The summed E-state index contributed by atoms with van der Waals surface area (Å²) in [5.74, 6) is 0. The van der Waals surface area contributed by atoms with Gasteiger partial charge in [0, 0.05) is 35.3 Å². The highest BCUT2D eigenvalue weighted by Gasteiger charge is 2.14. The molecule has 3 nitrogen and oxygen atoms in total. The molecule has 0 aliphatic carbocycles. The van der Waals surface area contributed by atoms with Gasteiger partial charge in [0.05, 0.1) is 0 Å². The van der Waals surface area contributed by atoms with E-state index < -0.39 is 0 Å². The molecule has 0 aromatic carbocycles. The van der Waals surface area contributed by atoms with Crippen LogP contribution in [0.1, 0.15) is 29.7 Å². The summed E-state index contributed by atoms with van der Waals surface area (Å²) in [4.78, 5) is 8.47. The van der Waals surface area contributed by atoms with Gasteiger partial charge in [-0.2, -0.15) is 0 Å². The Labute approximate surface area is 122 Å². The second-order valence-corrected chi connectivity index (χ2v) is 5.47. The predicted octanol–water partition coefficient (Wildman–Crippen LogP) is 3.44. The number of nitrogens with zero attached hydrogens (tertiary/aromatic N) is 2. The van der Waals surface area contributed by atoms with Gasteiger partial charge >= 0.3 is 0 Å². The highest BCUT2D eigenvalue weighted by atomic mass is 79.9. The van der Waals surface area contributed by atoms with Gasteiger partial charge in [0.25, 0.3) is 0 Å². The SMILES string of the molecule is CCNC(Cc1cncc(Br)c1)c1cnccc1C. The Morgan fingerprint density at radius 3 is 2.79 bits per heavy atom. The Kier molecular flexibility index (Phi) is 5.05. The van der Waals surface area contributed by atoms with Crippen molar-refractivity contribution in [1.29, 1.82) is 0 Å². The zero-order chi connectivity index (χ0) is 13.7. The van der Waals surface area contributed by atoms with Crippen molar-refractivity contribution in [3.05, 3.63) is 58.1 Å². The van der Waals surface area contributed by atoms with Crippen LogP contribution in [0.3, 0.4) is 0 Å². The van der Waals surface area contributed by atoms with Gasteiger partial charge in [-0.05, 0) is 64.6 Å². The molecule has 0 aliphatic heterocycles.